The molecule has 3 aliphatic heterocycles. The minimum Gasteiger partial charge on any atom is -0.314 e. The van der Waals surface area contributed by atoms with E-state index >= 15 is 0 Å². The van der Waals surface area contributed by atoms with Crippen molar-refractivity contribution in [2.45, 2.75) is 19.8 Å². The van der Waals surface area contributed by atoms with Crippen molar-refractivity contribution in [3.63, 3.8) is 0 Å². The highest BCUT2D eigenvalue weighted by atomic mass is 15.3. The third kappa shape index (κ3) is 8.18. The minimum absolute atomic E-state index is 1.13. The van der Waals surface area contributed by atoms with E-state index in [0.29, 0.717) is 0 Å². The van der Waals surface area contributed by atoms with Crippen molar-refractivity contribution >= 4 is 0 Å². The first-order valence-corrected chi connectivity index (χ1v) is 11.3. The van der Waals surface area contributed by atoms with E-state index < -0.39 is 0 Å². The first-order valence-electron chi connectivity index (χ1n) is 11.3. The smallest absolute Gasteiger partial charge is 0.0110 e. The second-order valence-electron chi connectivity index (χ2n) is 8.46. The molecule has 0 unspecified atom stereocenters. The Morgan fingerprint density at radius 3 is 1.96 bits per heavy atom. The normalized spacial score (nSPS) is 24.7. The van der Waals surface area contributed by atoms with Gasteiger partial charge in [-0.15, -0.1) is 0 Å². The van der Waals surface area contributed by atoms with Crippen LogP contribution in [0.2, 0.25) is 0 Å². The van der Waals surface area contributed by atoms with Crippen molar-refractivity contribution in [2.24, 2.45) is 0 Å². The summed E-state index contributed by atoms with van der Waals surface area (Å²) in [4.78, 5) is 10.5. The SMILES string of the molecule is CC1=CCCN(CCNCCN2CCN(CCN3CCNCC3)CC2)CC1. The standard InChI is InChI=1S/C21H42N6/c1-21-3-2-9-24(10-4-21)11-5-22-8-14-26-16-19-27(20-17-26)18-15-25-12-6-23-7-13-25/h3,22-23H,2,4-20H2,1H3. The van der Waals surface area contributed by atoms with Gasteiger partial charge >= 0.3 is 0 Å². The Morgan fingerprint density at radius 2 is 1.30 bits per heavy atom. The molecule has 0 radical (unpaired) electrons. The summed E-state index contributed by atoms with van der Waals surface area (Å²) in [5.41, 5.74) is 1.57. The van der Waals surface area contributed by atoms with E-state index in [0.717, 1.165) is 26.2 Å². The average molecular weight is 379 g/mol. The van der Waals surface area contributed by atoms with Crippen LogP contribution in [0.1, 0.15) is 19.8 Å². The van der Waals surface area contributed by atoms with Crippen LogP contribution >= 0.6 is 0 Å². The van der Waals surface area contributed by atoms with Crippen LogP contribution in [-0.4, -0.2) is 124 Å². The van der Waals surface area contributed by atoms with Gasteiger partial charge in [0.25, 0.3) is 0 Å². The van der Waals surface area contributed by atoms with E-state index in [-0.39, 0.29) is 0 Å². The monoisotopic (exact) mass is 378 g/mol. The molecule has 6 heteroatoms. The molecule has 2 fully saturated rings. The molecule has 0 atom stereocenters. The summed E-state index contributed by atoms with van der Waals surface area (Å²) in [7, 11) is 0. The number of hydrogen-bond acceptors (Lipinski definition) is 6. The quantitative estimate of drug-likeness (QED) is 0.439. The Labute approximate surface area is 166 Å². The summed E-state index contributed by atoms with van der Waals surface area (Å²) >= 11 is 0. The molecule has 0 aromatic rings. The molecule has 3 aliphatic rings. The molecule has 3 heterocycles. The topological polar surface area (TPSA) is 37.0 Å². The van der Waals surface area contributed by atoms with Crippen molar-refractivity contribution in [3.8, 4) is 0 Å². The summed E-state index contributed by atoms with van der Waals surface area (Å²) in [6, 6.07) is 0. The van der Waals surface area contributed by atoms with Crippen molar-refractivity contribution in [3.05, 3.63) is 11.6 Å². The van der Waals surface area contributed by atoms with E-state index in [4.69, 9.17) is 0 Å². The lowest BCUT2D eigenvalue weighted by molar-refractivity contribution is 0.116. The van der Waals surface area contributed by atoms with Gasteiger partial charge < -0.3 is 15.5 Å². The molecule has 0 saturated carbocycles. The van der Waals surface area contributed by atoms with Gasteiger partial charge in [-0.05, 0) is 19.8 Å². The van der Waals surface area contributed by atoms with Gasteiger partial charge in [-0.25, -0.2) is 0 Å². The zero-order valence-electron chi connectivity index (χ0n) is 17.6. The van der Waals surface area contributed by atoms with Crippen LogP contribution in [0.15, 0.2) is 11.6 Å². The van der Waals surface area contributed by atoms with Gasteiger partial charge in [0.15, 0.2) is 0 Å². The van der Waals surface area contributed by atoms with E-state index in [9.17, 15) is 0 Å². The Morgan fingerprint density at radius 1 is 0.741 bits per heavy atom. The third-order valence-electron chi connectivity index (χ3n) is 6.38. The predicted octanol–water partition coefficient (Wildman–Crippen LogP) is 0.141. The zero-order valence-corrected chi connectivity index (χ0v) is 17.6. The summed E-state index contributed by atoms with van der Waals surface area (Å²) in [5, 5.41) is 7.10. The predicted molar refractivity (Wildman–Crippen MR) is 114 cm³/mol. The largest absolute Gasteiger partial charge is 0.314 e. The fourth-order valence-electron chi connectivity index (χ4n) is 4.32. The summed E-state index contributed by atoms with van der Waals surface area (Å²) in [5.74, 6) is 0. The van der Waals surface area contributed by atoms with E-state index in [1.807, 2.05) is 0 Å². The Balaban J connectivity index is 1.17. The number of hydrogen-bond donors (Lipinski definition) is 2. The maximum atomic E-state index is 3.66. The number of piperazine rings is 2. The zero-order chi connectivity index (χ0) is 18.7. The number of nitrogens with zero attached hydrogens (tertiary/aromatic N) is 4. The molecule has 0 bridgehead atoms. The van der Waals surface area contributed by atoms with Gasteiger partial charge in [0.1, 0.15) is 0 Å². The number of rotatable bonds is 9. The Hall–Kier alpha value is -0.500. The van der Waals surface area contributed by atoms with Crippen LogP contribution in [0.4, 0.5) is 0 Å². The lowest BCUT2D eigenvalue weighted by Crippen LogP contribution is -2.51. The summed E-state index contributed by atoms with van der Waals surface area (Å²) in [6.45, 7) is 21.6. The molecule has 0 spiro atoms. The second kappa shape index (κ2) is 12.1. The van der Waals surface area contributed by atoms with Crippen molar-refractivity contribution < 1.29 is 0 Å². The van der Waals surface area contributed by atoms with Gasteiger partial charge in [0.05, 0.1) is 0 Å². The molecule has 6 nitrogen and oxygen atoms in total. The third-order valence-corrected chi connectivity index (χ3v) is 6.38. The molecule has 0 amide bonds. The molecular weight excluding hydrogens is 336 g/mol. The summed E-state index contributed by atoms with van der Waals surface area (Å²) < 4.78 is 0. The van der Waals surface area contributed by atoms with Crippen LogP contribution in [0.5, 0.6) is 0 Å². The van der Waals surface area contributed by atoms with Gasteiger partial charge in [0.2, 0.25) is 0 Å². The summed E-state index contributed by atoms with van der Waals surface area (Å²) in [6.07, 6.45) is 4.89. The first kappa shape index (κ1) is 21.2. The molecule has 0 aromatic carbocycles. The van der Waals surface area contributed by atoms with Crippen LogP contribution in [0, 0.1) is 0 Å². The van der Waals surface area contributed by atoms with Crippen LogP contribution in [0.3, 0.4) is 0 Å². The van der Waals surface area contributed by atoms with Gasteiger partial charge in [0, 0.05) is 105 Å². The Kier molecular flexibility index (Phi) is 9.54. The number of nitrogens with one attached hydrogen (secondary N) is 2. The van der Waals surface area contributed by atoms with Crippen LogP contribution in [-0.2, 0) is 0 Å². The van der Waals surface area contributed by atoms with Crippen LogP contribution in [0.25, 0.3) is 0 Å². The maximum absolute atomic E-state index is 3.66. The average Bonchev–Trinajstić information content (AvgIpc) is 2.92. The molecule has 0 aliphatic carbocycles. The second-order valence-corrected chi connectivity index (χ2v) is 8.46. The van der Waals surface area contributed by atoms with E-state index in [2.05, 4.69) is 43.2 Å². The van der Waals surface area contributed by atoms with E-state index in [1.54, 1.807) is 5.57 Å². The highest BCUT2D eigenvalue weighted by molar-refractivity contribution is 5.00. The van der Waals surface area contributed by atoms with Gasteiger partial charge in [-0.2, -0.15) is 0 Å². The van der Waals surface area contributed by atoms with Crippen molar-refractivity contribution in [1.82, 2.24) is 30.2 Å². The first-order chi connectivity index (χ1) is 13.3. The highest BCUT2D eigenvalue weighted by Crippen LogP contribution is 2.09. The molecule has 2 saturated heterocycles. The molecular formula is C21H42N6. The van der Waals surface area contributed by atoms with Crippen LogP contribution < -0.4 is 10.6 Å². The molecule has 0 aromatic heterocycles. The highest BCUT2D eigenvalue weighted by Gasteiger charge is 2.17. The lowest BCUT2D eigenvalue weighted by Gasteiger charge is -2.36. The molecule has 3 rings (SSSR count). The van der Waals surface area contributed by atoms with Gasteiger partial charge in [-0.3, -0.25) is 14.7 Å². The van der Waals surface area contributed by atoms with Gasteiger partial charge in [-0.1, -0.05) is 11.6 Å². The molecule has 27 heavy (non-hydrogen) atoms. The molecule has 2 N–H and O–H groups in total. The fraction of sp³-hybridized carbons (Fsp3) is 0.905. The molecule has 156 valence electrons. The fourth-order valence-corrected chi connectivity index (χ4v) is 4.32. The van der Waals surface area contributed by atoms with Crippen molar-refractivity contribution in [2.75, 3.05) is 105 Å². The van der Waals surface area contributed by atoms with Crippen molar-refractivity contribution in [1.29, 1.82) is 0 Å². The van der Waals surface area contributed by atoms with E-state index in [1.165, 1.54) is 91.4 Å². The Bertz CT molecular complexity index is 426. The lowest BCUT2D eigenvalue weighted by atomic mass is 10.2. The minimum atomic E-state index is 1.13. The maximum Gasteiger partial charge on any atom is 0.0110 e.